The van der Waals surface area contributed by atoms with Gasteiger partial charge >= 0.3 is 5.97 Å². The highest BCUT2D eigenvalue weighted by atomic mass is 32.2. The maximum atomic E-state index is 12.7. The number of sulfonamides is 1. The number of nitrogens with zero attached hydrogens (tertiary/aromatic N) is 2. The Hall–Kier alpha value is -2.75. The second-order valence-corrected chi connectivity index (χ2v) is 6.54. The number of aryl methyl sites for hydroxylation is 1. The van der Waals surface area contributed by atoms with Gasteiger partial charge in [-0.3, -0.25) is 14.2 Å². The Labute approximate surface area is 138 Å². The molecule has 24 heavy (non-hydrogen) atoms. The molecule has 0 bridgehead atoms. The first-order valence-corrected chi connectivity index (χ1v) is 8.24. The van der Waals surface area contributed by atoms with Crippen molar-refractivity contribution in [2.24, 2.45) is 7.05 Å². The average molecular weight is 355 g/mol. The van der Waals surface area contributed by atoms with Crippen LogP contribution in [0.25, 0.3) is 0 Å². The number of hydrogen-bond acceptors (Lipinski definition) is 6. The number of aromatic nitrogens is 2. The van der Waals surface area contributed by atoms with E-state index in [9.17, 15) is 13.2 Å². The zero-order valence-electron chi connectivity index (χ0n) is 13.3. The molecule has 0 amide bonds. The molecule has 0 saturated carbocycles. The molecule has 1 aromatic carbocycles. The summed E-state index contributed by atoms with van der Waals surface area (Å²) in [5.74, 6) is -0.855. The maximum absolute atomic E-state index is 12.7. The second kappa shape index (κ2) is 6.79. The Kier molecular flexibility index (Phi) is 4.98. The molecule has 2 rings (SSSR count). The van der Waals surface area contributed by atoms with E-state index in [0.29, 0.717) is 5.56 Å². The topological polar surface area (TPSA) is 120 Å². The van der Waals surface area contributed by atoms with Gasteiger partial charge in [-0.05, 0) is 17.7 Å². The third-order valence-electron chi connectivity index (χ3n) is 3.11. The number of ether oxygens (including phenoxy) is 2. The van der Waals surface area contributed by atoms with E-state index in [1.165, 1.54) is 43.3 Å². The number of carboxylic acids is 1. The molecule has 2 aromatic rings. The number of aliphatic carboxylic acids is 1. The van der Waals surface area contributed by atoms with Crippen LogP contribution in [0.5, 0.6) is 11.6 Å². The van der Waals surface area contributed by atoms with Crippen LogP contribution in [0.2, 0.25) is 0 Å². The summed E-state index contributed by atoms with van der Waals surface area (Å²) in [6.07, 6.45) is 1.15. The zero-order chi connectivity index (χ0) is 17.9. The zero-order valence-corrected chi connectivity index (χ0v) is 14.1. The Bertz CT molecular complexity index is 859. The minimum absolute atomic E-state index is 0.0968. The van der Waals surface area contributed by atoms with Crippen LogP contribution in [0.15, 0.2) is 29.3 Å². The first kappa shape index (κ1) is 17.6. The largest absolute Gasteiger partial charge is 0.495 e. The fourth-order valence-electron chi connectivity index (χ4n) is 2.10. The Morgan fingerprint density at radius 3 is 2.62 bits per heavy atom. The van der Waals surface area contributed by atoms with Crippen LogP contribution in [0.1, 0.15) is 5.56 Å². The summed E-state index contributed by atoms with van der Waals surface area (Å²) < 4.78 is 39.2. The van der Waals surface area contributed by atoms with Crippen molar-refractivity contribution < 1.29 is 27.8 Å². The van der Waals surface area contributed by atoms with Crippen LogP contribution >= 0.6 is 0 Å². The highest BCUT2D eigenvalue weighted by Crippen LogP contribution is 2.30. The standard InChI is InChI=1S/C14H17N3O6S/c1-17-8-10(14(15-17)23-3)16-24(20,21)12-6-9(7-13(18)19)4-5-11(12)22-2/h4-6,8,16H,7H2,1-3H3,(H,18,19). The van der Waals surface area contributed by atoms with E-state index in [4.69, 9.17) is 14.6 Å². The fourth-order valence-corrected chi connectivity index (χ4v) is 3.37. The van der Waals surface area contributed by atoms with Crippen molar-refractivity contribution in [1.29, 1.82) is 0 Å². The monoisotopic (exact) mass is 355 g/mol. The molecule has 0 aliphatic carbocycles. The first-order valence-electron chi connectivity index (χ1n) is 6.76. The summed E-state index contributed by atoms with van der Waals surface area (Å²) >= 11 is 0. The minimum atomic E-state index is -4.03. The molecule has 2 N–H and O–H groups in total. The van der Waals surface area contributed by atoms with Crippen LogP contribution in [0.3, 0.4) is 0 Å². The summed E-state index contributed by atoms with van der Waals surface area (Å²) in [6, 6.07) is 4.17. The lowest BCUT2D eigenvalue weighted by Gasteiger charge is -2.12. The van der Waals surface area contributed by atoms with Gasteiger partial charge in [0.2, 0.25) is 0 Å². The normalized spacial score (nSPS) is 11.1. The Morgan fingerprint density at radius 2 is 2.04 bits per heavy atom. The molecule has 0 radical (unpaired) electrons. The van der Waals surface area contributed by atoms with Gasteiger partial charge in [0.1, 0.15) is 16.3 Å². The molecule has 0 aliphatic rings. The first-order chi connectivity index (χ1) is 11.3. The number of carbonyl (C=O) groups is 1. The molecule has 0 fully saturated rings. The number of methoxy groups -OCH3 is 2. The van der Waals surface area contributed by atoms with Crippen molar-refractivity contribution in [1.82, 2.24) is 9.78 Å². The minimum Gasteiger partial charge on any atom is -0.495 e. The van der Waals surface area contributed by atoms with Crippen molar-refractivity contribution in [2.45, 2.75) is 11.3 Å². The predicted octanol–water partition coefficient (Wildman–Crippen LogP) is 0.865. The van der Waals surface area contributed by atoms with Crippen LogP contribution in [0, 0.1) is 0 Å². The molecule has 130 valence electrons. The highest BCUT2D eigenvalue weighted by Gasteiger charge is 2.23. The van der Waals surface area contributed by atoms with Gasteiger partial charge in [-0.1, -0.05) is 6.07 Å². The van der Waals surface area contributed by atoms with E-state index in [1.807, 2.05) is 0 Å². The molecule has 0 unspecified atom stereocenters. The Balaban J connectivity index is 2.45. The van der Waals surface area contributed by atoms with Crippen LogP contribution < -0.4 is 14.2 Å². The van der Waals surface area contributed by atoms with Gasteiger partial charge in [-0.2, -0.15) is 0 Å². The molecule has 0 aliphatic heterocycles. The maximum Gasteiger partial charge on any atom is 0.307 e. The molecule has 1 heterocycles. The van der Waals surface area contributed by atoms with E-state index >= 15 is 0 Å². The smallest absolute Gasteiger partial charge is 0.307 e. The average Bonchev–Trinajstić information content (AvgIpc) is 2.85. The van der Waals surface area contributed by atoms with Gasteiger partial charge < -0.3 is 14.6 Å². The molecule has 0 saturated heterocycles. The number of benzene rings is 1. The number of hydrogen-bond donors (Lipinski definition) is 2. The highest BCUT2D eigenvalue weighted by molar-refractivity contribution is 7.92. The van der Waals surface area contributed by atoms with Crippen molar-refractivity contribution in [3.05, 3.63) is 30.0 Å². The van der Waals surface area contributed by atoms with Crippen LogP contribution in [-0.2, 0) is 28.3 Å². The van der Waals surface area contributed by atoms with Crippen LogP contribution in [-0.4, -0.2) is 43.5 Å². The van der Waals surface area contributed by atoms with Crippen molar-refractivity contribution in [2.75, 3.05) is 18.9 Å². The predicted molar refractivity (Wildman–Crippen MR) is 84.9 cm³/mol. The van der Waals surface area contributed by atoms with Gasteiger partial charge in [0.15, 0.2) is 0 Å². The van der Waals surface area contributed by atoms with Gasteiger partial charge in [0.05, 0.1) is 26.8 Å². The lowest BCUT2D eigenvalue weighted by Crippen LogP contribution is -2.15. The second-order valence-electron chi connectivity index (χ2n) is 4.89. The Morgan fingerprint density at radius 1 is 1.33 bits per heavy atom. The van der Waals surface area contributed by atoms with Gasteiger partial charge in [-0.25, -0.2) is 8.42 Å². The summed E-state index contributed by atoms with van der Waals surface area (Å²) in [5, 5.41) is 12.8. The lowest BCUT2D eigenvalue weighted by atomic mass is 10.1. The van der Waals surface area contributed by atoms with Gasteiger partial charge in [0.25, 0.3) is 15.9 Å². The molecular formula is C14H17N3O6S. The van der Waals surface area contributed by atoms with E-state index in [1.54, 1.807) is 7.05 Å². The number of nitrogens with one attached hydrogen (secondary N) is 1. The molecule has 1 aromatic heterocycles. The fraction of sp³-hybridized carbons (Fsp3) is 0.286. The molecule has 0 spiro atoms. The quantitative estimate of drug-likeness (QED) is 0.756. The van der Waals surface area contributed by atoms with E-state index in [0.717, 1.165) is 0 Å². The van der Waals surface area contributed by atoms with E-state index in [2.05, 4.69) is 9.82 Å². The number of anilines is 1. The number of carboxylic acid groups (broad SMARTS) is 1. The van der Waals surface area contributed by atoms with Crippen molar-refractivity contribution in [3.63, 3.8) is 0 Å². The lowest BCUT2D eigenvalue weighted by molar-refractivity contribution is -0.136. The SMILES string of the molecule is COc1ccc(CC(=O)O)cc1S(=O)(=O)Nc1cn(C)nc1OC. The summed E-state index contributed by atoms with van der Waals surface area (Å²) in [5.41, 5.74) is 0.493. The molecule has 10 heteroatoms. The molecular weight excluding hydrogens is 338 g/mol. The third-order valence-corrected chi connectivity index (χ3v) is 4.49. The third kappa shape index (κ3) is 3.77. The number of rotatable bonds is 7. The summed E-state index contributed by atoms with van der Waals surface area (Å²) in [4.78, 5) is 10.7. The summed E-state index contributed by atoms with van der Waals surface area (Å²) in [6.45, 7) is 0. The van der Waals surface area contributed by atoms with Gasteiger partial charge in [-0.15, -0.1) is 5.10 Å². The van der Waals surface area contributed by atoms with Crippen LogP contribution in [0.4, 0.5) is 5.69 Å². The van der Waals surface area contributed by atoms with Crippen molar-refractivity contribution in [3.8, 4) is 11.6 Å². The van der Waals surface area contributed by atoms with E-state index in [-0.39, 0.29) is 28.6 Å². The van der Waals surface area contributed by atoms with Gasteiger partial charge in [0, 0.05) is 7.05 Å². The van der Waals surface area contributed by atoms with E-state index < -0.39 is 16.0 Å². The summed E-state index contributed by atoms with van der Waals surface area (Å²) in [7, 11) is 0.283. The van der Waals surface area contributed by atoms with Crippen molar-refractivity contribution >= 4 is 21.7 Å². The molecule has 0 atom stereocenters. The molecule has 9 nitrogen and oxygen atoms in total.